The quantitative estimate of drug-likeness (QED) is 0.835. The van der Waals surface area contributed by atoms with E-state index in [9.17, 15) is 9.59 Å². The number of hydrogen-bond acceptors (Lipinski definition) is 5. The van der Waals surface area contributed by atoms with E-state index in [0.29, 0.717) is 13.1 Å². The molecule has 0 saturated carbocycles. The van der Waals surface area contributed by atoms with Crippen LogP contribution in [0.15, 0.2) is 6.20 Å². The van der Waals surface area contributed by atoms with Crippen LogP contribution in [-0.2, 0) is 16.6 Å². The minimum atomic E-state index is -0.371. The summed E-state index contributed by atoms with van der Waals surface area (Å²) in [6.45, 7) is 4.26. The Morgan fingerprint density at radius 2 is 2.23 bits per heavy atom. The van der Waals surface area contributed by atoms with Crippen molar-refractivity contribution < 1.29 is 14.3 Å². The van der Waals surface area contributed by atoms with Gasteiger partial charge in [0.2, 0.25) is 5.91 Å². The second-order valence-electron chi connectivity index (χ2n) is 6.05. The lowest BCUT2D eigenvalue weighted by molar-refractivity contribution is -0.118. The summed E-state index contributed by atoms with van der Waals surface area (Å²) < 4.78 is 7.05. The molecule has 3 heterocycles. The molecule has 2 saturated heterocycles. The van der Waals surface area contributed by atoms with E-state index in [1.165, 1.54) is 0 Å². The molecule has 8 heteroatoms. The first-order chi connectivity index (χ1) is 10.5. The summed E-state index contributed by atoms with van der Waals surface area (Å²) in [4.78, 5) is 25.4. The van der Waals surface area contributed by atoms with Gasteiger partial charge in [-0.05, 0) is 6.92 Å². The van der Waals surface area contributed by atoms with Gasteiger partial charge >= 0.3 is 6.09 Å². The number of carbonyl (C=O) groups is 2. The molecule has 3 rings (SSSR count). The van der Waals surface area contributed by atoms with Crippen LogP contribution in [0.4, 0.5) is 10.5 Å². The van der Waals surface area contributed by atoms with Gasteiger partial charge in [0.25, 0.3) is 0 Å². The summed E-state index contributed by atoms with van der Waals surface area (Å²) in [5.41, 5.74) is 1.18. The van der Waals surface area contributed by atoms with Gasteiger partial charge in [0.15, 0.2) is 0 Å². The van der Waals surface area contributed by atoms with Gasteiger partial charge in [-0.25, -0.2) is 4.79 Å². The van der Waals surface area contributed by atoms with Crippen molar-refractivity contribution in [1.29, 1.82) is 0 Å². The molecule has 0 radical (unpaired) electrons. The first kappa shape index (κ1) is 14.8. The first-order valence-corrected chi connectivity index (χ1v) is 7.45. The van der Waals surface area contributed by atoms with Gasteiger partial charge in [0.05, 0.1) is 24.5 Å². The number of piperidine rings is 1. The molecule has 2 aliphatic rings. The van der Waals surface area contributed by atoms with Gasteiger partial charge in [0.1, 0.15) is 5.60 Å². The molecule has 0 aliphatic carbocycles. The Labute approximate surface area is 128 Å². The monoisotopic (exact) mass is 307 g/mol. The second kappa shape index (κ2) is 5.60. The van der Waals surface area contributed by atoms with E-state index >= 15 is 0 Å². The number of nitrogens with one attached hydrogen (secondary N) is 2. The zero-order chi connectivity index (χ0) is 15.7. The third kappa shape index (κ3) is 3.06. The molecule has 2 amide bonds. The molecule has 2 N–H and O–H groups in total. The smallest absolute Gasteiger partial charge is 0.407 e. The molecule has 1 aromatic rings. The molecule has 2 fully saturated rings. The van der Waals surface area contributed by atoms with Crippen molar-refractivity contribution in [2.75, 3.05) is 31.5 Å². The topological polar surface area (TPSA) is 88.5 Å². The predicted octanol–water partition coefficient (Wildman–Crippen LogP) is 0.241. The number of ether oxygens (including phenoxy) is 1. The Morgan fingerprint density at radius 1 is 1.50 bits per heavy atom. The molecule has 1 aromatic heterocycles. The summed E-state index contributed by atoms with van der Waals surface area (Å²) in [7, 11) is 1.82. The van der Waals surface area contributed by atoms with Crippen LogP contribution in [0, 0.1) is 6.92 Å². The Morgan fingerprint density at radius 3 is 2.77 bits per heavy atom. The second-order valence-corrected chi connectivity index (χ2v) is 6.05. The van der Waals surface area contributed by atoms with E-state index < -0.39 is 0 Å². The van der Waals surface area contributed by atoms with Crippen LogP contribution >= 0.6 is 0 Å². The van der Waals surface area contributed by atoms with E-state index in [0.717, 1.165) is 37.3 Å². The fraction of sp³-hybridized carbons (Fsp3) is 0.643. The number of likely N-dealkylation sites (tertiary alicyclic amines) is 1. The van der Waals surface area contributed by atoms with Crippen LogP contribution in [0.1, 0.15) is 18.5 Å². The van der Waals surface area contributed by atoms with Crippen molar-refractivity contribution >= 4 is 17.7 Å². The van der Waals surface area contributed by atoms with Gasteiger partial charge in [-0.1, -0.05) is 0 Å². The normalized spacial score (nSPS) is 20.7. The van der Waals surface area contributed by atoms with Crippen LogP contribution in [-0.4, -0.2) is 58.5 Å². The van der Waals surface area contributed by atoms with Crippen molar-refractivity contribution in [2.24, 2.45) is 7.05 Å². The highest BCUT2D eigenvalue weighted by Crippen LogP contribution is 2.29. The van der Waals surface area contributed by atoms with E-state index in [4.69, 9.17) is 4.74 Å². The minimum Gasteiger partial charge on any atom is -0.441 e. The molecule has 8 nitrogen and oxygen atoms in total. The van der Waals surface area contributed by atoms with Gasteiger partial charge in [-0.2, -0.15) is 5.10 Å². The Kier molecular flexibility index (Phi) is 3.78. The highest BCUT2D eigenvalue weighted by atomic mass is 16.6. The molecule has 1 spiro atoms. The molecule has 0 bridgehead atoms. The number of rotatable bonds is 3. The zero-order valence-electron chi connectivity index (χ0n) is 12.9. The predicted molar refractivity (Wildman–Crippen MR) is 79.5 cm³/mol. The third-order valence-corrected chi connectivity index (χ3v) is 4.29. The maximum absolute atomic E-state index is 12.1. The fourth-order valence-electron chi connectivity index (χ4n) is 3.01. The number of anilines is 1. The summed E-state index contributed by atoms with van der Waals surface area (Å²) in [6, 6.07) is 0. The standard InChI is InChI=1S/C14H21N5O3/c1-10-11(7-18(2)17-10)16-12(20)8-19-5-3-14(4-6-19)9-15-13(21)22-14/h7H,3-6,8-9H2,1-2H3,(H,15,21)(H,16,20). The summed E-state index contributed by atoms with van der Waals surface area (Å²) in [5, 5.41) is 9.79. The highest BCUT2D eigenvalue weighted by Gasteiger charge is 2.42. The summed E-state index contributed by atoms with van der Waals surface area (Å²) in [5.74, 6) is -0.0476. The largest absolute Gasteiger partial charge is 0.441 e. The number of amides is 2. The number of aromatic nitrogens is 2. The molecular weight excluding hydrogens is 286 g/mol. The van der Waals surface area contributed by atoms with E-state index in [1.807, 2.05) is 14.0 Å². The number of alkyl carbamates (subject to hydrolysis) is 1. The number of carbonyl (C=O) groups excluding carboxylic acids is 2. The number of aryl methyl sites for hydroxylation is 2. The van der Waals surface area contributed by atoms with Gasteiger partial charge < -0.3 is 15.4 Å². The molecular formula is C14H21N5O3. The van der Waals surface area contributed by atoms with Crippen LogP contribution in [0.2, 0.25) is 0 Å². The minimum absolute atomic E-state index is 0.0476. The van der Waals surface area contributed by atoms with Gasteiger partial charge in [-0.15, -0.1) is 0 Å². The van der Waals surface area contributed by atoms with Crippen molar-refractivity contribution in [2.45, 2.75) is 25.4 Å². The van der Waals surface area contributed by atoms with E-state index in [2.05, 4.69) is 20.6 Å². The maximum Gasteiger partial charge on any atom is 0.407 e. The molecule has 22 heavy (non-hydrogen) atoms. The zero-order valence-corrected chi connectivity index (χ0v) is 12.9. The Hall–Kier alpha value is -2.09. The summed E-state index contributed by atoms with van der Waals surface area (Å²) in [6.07, 6.45) is 2.97. The molecule has 0 unspecified atom stereocenters. The number of nitrogens with zero attached hydrogens (tertiary/aromatic N) is 3. The average Bonchev–Trinajstić information content (AvgIpc) is 2.96. The lowest BCUT2D eigenvalue weighted by Gasteiger charge is -2.36. The maximum atomic E-state index is 12.1. The molecule has 120 valence electrons. The van der Waals surface area contributed by atoms with Crippen molar-refractivity contribution in [3.8, 4) is 0 Å². The lowest BCUT2D eigenvalue weighted by atomic mass is 9.92. The van der Waals surface area contributed by atoms with Gasteiger partial charge in [-0.3, -0.25) is 14.4 Å². The number of hydrogen-bond donors (Lipinski definition) is 2. The Bertz CT molecular complexity index is 589. The van der Waals surface area contributed by atoms with Crippen LogP contribution < -0.4 is 10.6 Å². The van der Waals surface area contributed by atoms with Crippen LogP contribution in [0.25, 0.3) is 0 Å². The molecule has 2 aliphatic heterocycles. The third-order valence-electron chi connectivity index (χ3n) is 4.29. The van der Waals surface area contributed by atoms with Crippen LogP contribution in [0.3, 0.4) is 0 Å². The highest BCUT2D eigenvalue weighted by molar-refractivity contribution is 5.92. The SMILES string of the molecule is Cc1nn(C)cc1NC(=O)CN1CCC2(CC1)CNC(=O)O2. The molecule has 0 aromatic carbocycles. The molecule has 0 atom stereocenters. The first-order valence-electron chi connectivity index (χ1n) is 7.45. The van der Waals surface area contributed by atoms with E-state index in [-0.39, 0.29) is 17.6 Å². The Balaban J connectivity index is 1.49. The van der Waals surface area contributed by atoms with Gasteiger partial charge in [0, 0.05) is 39.2 Å². The average molecular weight is 307 g/mol. The fourth-order valence-corrected chi connectivity index (χ4v) is 3.01. The van der Waals surface area contributed by atoms with Crippen molar-refractivity contribution in [3.05, 3.63) is 11.9 Å². The van der Waals surface area contributed by atoms with E-state index in [1.54, 1.807) is 10.9 Å². The lowest BCUT2D eigenvalue weighted by Crippen LogP contribution is -2.48. The summed E-state index contributed by atoms with van der Waals surface area (Å²) >= 11 is 0. The van der Waals surface area contributed by atoms with Crippen molar-refractivity contribution in [3.63, 3.8) is 0 Å². The van der Waals surface area contributed by atoms with Crippen LogP contribution in [0.5, 0.6) is 0 Å². The van der Waals surface area contributed by atoms with Crippen molar-refractivity contribution in [1.82, 2.24) is 20.0 Å².